The smallest absolute Gasteiger partial charge is 0.230 e. The highest BCUT2D eigenvalue weighted by molar-refractivity contribution is 6.00. The van der Waals surface area contributed by atoms with Gasteiger partial charge in [0, 0.05) is 5.69 Å². The molecule has 1 aromatic carbocycles. The van der Waals surface area contributed by atoms with Gasteiger partial charge in [0.2, 0.25) is 5.91 Å². The predicted octanol–water partition coefficient (Wildman–Crippen LogP) is -0.235. The van der Waals surface area contributed by atoms with Gasteiger partial charge >= 0.3 is 0 Å². The fraction of sp³-hybridized carbons (Fsp3) is 0.111. The summed E-state index contributed by atoms with van der Waals surface area (Å²) < 4.78 is 0. The van der Waals surface area contributed by atoms with E-state index >= 15 is 0 Å². The van der Waals surface area contributed by atoms with Gasteiger partial charge in [-0.1, -0.05) is 18.2 Å². The summed E-state index contributed by atoms with van der Waals surface area (Å²) in [6.45, 7) is 0. The number of para-hydroxylation sites is 1. The van der Waals surface area contributed by atoms with Crippen molar-refractivity contribution in [2.75, 3.05) is 5.32 Å². The fourth-order valence-electron chi connectivity index (χ4n) is 0.858. The molecule has 0 aliphatic rings. The third-order valence-corrected chi connectivity index (χ3v) is 1.36. The summed E-state index contributed by atoms with van der Waals surface area (Å²) in [4.78, 5) is 20.9. The van der Waals surface area contributed by atoms with Gasteiger partial charge < -0.3 is 15.2 Å². The van der Waals surface area contributed by atoms with E-state index in [1.54, 1.807) is 30.3 Å². The van der Waals surface area contributed by atoms with Gasteiger partial charge in [-0.2, -0.15) is 0 Å². The maximum atomic E-state index is 10.9. The first-order chi connectivity index (χ1) is 6.18. The van der Waals surface area contributed by atoms with E-state index in [1.807, 2.05) is 0 Å². The largest absolute Gasteiger partial charge is 0.550 e. The molecule has 1 rings (SSSR count). The maximum absolute atomic E-state index is 10.9. The number of nitrogens with one attached hydrogen (secondary N) is 1. The molecule has 4 nitrogen and oxygen atoms in total. The van der Waals surface area contributed by atoms with Crippen molar-refractivity contribution in [1.29, 1.82) is 0 Å². The Kier molecular flexibility index (Phi) is 3.03. The Labute approximate surface area is 75.2 Å². The molecule has 0 aliphatic carbocycles. The first-order valence-corrected chi connectivity index (χ1v) is 3.73. The van der Waals surface area contributed by atoms with Crippen molar-refractivity contribution in [3.63, 3.8) is 0 Å². The summed E-state index contributed by atoms with van der Waals surface area (Å²) in [7, 11) is 0. The van der Waals surface area contributed by atoms with Crippen molar-refractivity contribution < 1.29 is 14.7 Å². The van der Waals surface area contributed by atoms with Crippen LogP contribution in [0.2, 0.25) is 0 Å². The first kappa shape index (κ1) is 9.25. The van der Waals surface area contributed by atoms with Crippen LogP contribution in [0.25, 0.3) is 0 Å². The number of hydrogen-bond acceptors (Lipinski definition) is 3. The van der Waals surface area contributed by atoms with Crippen LogP contribution in [0.4, 0.5) is 5.69 Å². The lowest BCUT2D eigenvalue weighted by Gasteiger charge is -2.04. The van der Waals surface area contributed by atoms with Crippen LogP contribution in [0, 0.1) is 0 Å². The topological polar surface area (TPSA) is 69.2 Å². The minimum Gasteiger partial charge on any atom is -0.550 e. The minimum atomic E-state index is -1.38. The van der Waals surface area contributed by atoms with E-state index in [-0.39, 0.29) is 0 Å². The van der Waals surface area contributed by atoms with Crippen molar-refractivity contribution in [3.05, 3.63) is 30.3 Å². The number of aliphatic carboxylic acids is 1. The molecule has 0 aliphatic heterocycles. The lowest BCUT2D eigenvalue weighted by Crippen LogP contribution is -2.28. The van der Waals surface area contributed by atoms with Gasteiger partial charge in [0.25, 0.3) is 0 Å². The van der Waals surface area contributed by atoms with Crippen molar-refractivity contribution in [3.8, 4) is 0 Å². The summed E-state index contributed by atoms with van der Waals surface area (Å²) in [5.74, 6) is -1.96. The molecule has 1 amide bonds. The second-order valence-corrected chi connectivity index (χ2v) is 2.46. The van der Waals surface area contributed by atoms with Crippen LogP contribution in [-0.2, 0) is 9.59 Å². The summed E-state index contributed by atoms with van der Waals surface area (Å²) >= 11 is 0. The highest BCUT2D eigenvalue weighted by atomic mass is 16.4. The molecule has 1 N–H and O–H groups in total. The van der Waals surface area contributed by atoms with Crippen LogP contribution in [0.15, 0.2) is 30.3 Å². The van der Waals surface area contributed by atoms with Gasteiger partial charge in [-0.15, -0.1) is 0 Å². The average Bonchev–Trinajstić information content (AvgIpc) is 2.04. The Morgan fingerprint density at radius 1 is 1.23 bits per heavy atom. The van der Waals surface area contributed by atoms with Gasteiger partial charge in [-0.05, 0) is 12.1 Å². The van der Waals surface area contributed by atoms with Crippen LogP contribution >= 0.6 is 0 Å². The van der Waals surface area contributed by atoms with Gasteiger partial charge in [-0.25, -0.2) is 0 Å². The lowest BCUT2D eigenvalue weighted by molar-refractivity contribution is -0.304. The quantitative estimate of drug-likeness (QED) is 0.650. The summed E-state index contributed by atoms with van der Waals surface area (Å²) in [6, 6.07) is 8.64. The maximum Gasteiger partial charge on any atom is 0.230 e. The second kappa shape index (κ2) is 4.25. The molecule has 13 heavy (non-hydrogen) atoms. The Bertz CT molecular complexity index is 308. The van der Waals surface area contributed by atoms with Crippen LogP contribution in [0.3, 0.4) is 0 Å². The molecular weight excluding hydrogens is 170 g/mol. The van der Waals surface area contributed by atoms with E-state index < -0.39 is 18.3 Å². The van der Waals surface area contributed by atoms with E-state index in [4.69, 9.17) is 0 Å². The molecule has 0 aromatic heterocycles. The molecule has 0 saturated heterocycles. The number of amides is 1. The van der Waals surface area contributed by atoms with E-state index in [2.05, 4.69) is 5.32 Å². The minimum absolute atomic E-state index is 0.578. The molecule has 0 atom stereocenters. The van der Waals surface area contributed by atoms with E-state index in [9.17, 15) is 14.7 Å². The van der Waals surface area contributed by atoms with Crippen LogP contribution < -0.4 is 10.4 Å². The molecule has 0 fully saturated rings. The van der Waals surface area contributed by atoms with E-state index in [0.29, 0.717) is 5.69 Å². The number of carboxylic acids is 1. The third kappa shape index (κ3) is 3.37. The molecule has 0 radical (unpaired) electrons. The third-order valence-electron chi connectivity index (χ3n) is 1.36. The summed E-state index contributed by atoms with van der Waals surface area (Å²) in [5.41, 5.74) is 0.578. The lowest BCUT2D eigenvalue weighted by atomic mass is 10.3. The Morgan fingerprint density at radius 2 is 1.85 bits per heavy atom. The molecular formula is C9H8NO3-. The predicted molar refractivity (Wildman–Crippen MR) is 44.7 cm³/mol. The number of benzene rings is 1. The van der Waals surface area contributed by atoms with Crippen molar-refractivity contribution in [2.24, 2.45) is 0 Å². The first-order valence-electron chi connectivity index (χ1n) is 3.73. The summed E-state index contributed by atoms with van der Waals surface area (Å²) in [5, 5.41) is 12.4. The zero-order chi connectivity index (χ0) is 9.68. The highest BCUT2D eigenvalue weighted by Crippen LogP contribution is 2.04. The molecule has 1 aromatic rings. The van der Waals surface area contributed by atoms with Gasteiger partial charge in [0.05, 0.1) is 12.4 Å². The SMILES string of the molecule is O=C([O-])CC(=O)Nc1ccccc1. The van der Waals surface area contributed by atoms with Gasteiger partial charge in [0.15, 0.2) is 0 Å². The molecule has 0 unspecified atom stereocenters. The molecule has 4 heteroatoms. The standard InChI is InChI=1S/C9H9NO3/c11-8(6-9(12)13)10-7-4-2-1-3-5-7/h1-5H,6H2,(H,10,11)(H,12,13)/p-1. The number of carboxylic acid groups (broad SMARTS) is 1. The monoisotopic (exact) mass is 178 g/mol. The number of rotatable bonds is 3. The molecule has 68 valence electrons. The van der Waals surface area contributed by atoms with Crippen molar-refractivity contribution in [1.82, 2.24) is 0 Å². The van der Waals surface area contributed by atoms with Crippen LogP contribution in [0.5, 0.6) is 0 Å². The Hall–Kier alpha value is -1.84. The number of hydrogen-bond donors (Lipinski definition) is 1. The molecule has 0 heterocycles. The zero-order valence-electron chi connectivity index (χ0n) is 6.82. The zero-order valence-corrected chi connectivity index (χ0v) is 6.82. The molecule has 0 saturated carbocycles. The van der Waals surface area contributed by atoms with Gasteiger partial charge in [-0.3, -0.25) is 4.79 Å². The number of carbonyl (C=O) groups excluding carboxylic acids is 2. The Morgan fingerprint density at radius 3 is 2.38 bits per heavy atom. The second-order valence-electron chi connectivity index (χ2n) is 2.46. The molecule has 0 bridgehead atoms. The van der Waals surface area contributed by atoms with Crippen LogP contribution in [0.1, 0.15) is 6.42 Å². The van der Waals surface area contributed by atoms with E-state index in [1.165, 1.54) is 0 Å². The summed E-state index contributed by atoms with van der Waals surface area (Å²) in [6.07, 6.45) is -0.616. The van der Waals surface area contributed by atoms with Gasteiger partial charge in [0.1, 0.15) is 0 Å². The molecule has 0 spiro atoms. The number of anilines is 1. The van der Waals surface area contributed by atoms with Crippen molar-refractivity contribution >= 4 is 17.6 Å². The van der Waals surface area contributed by atoms with Crippen LogP contribution in [-0.4, -0.2) is 11.9 Å². The average molecular weight is 178 g/mol. The highest BCUT2D eigenvalue weighted by Gasteiger charge is 2.00. The Balaban J connectivity index is 2.50. The van der Waals surface area contributed by atoms with Crippen molar-refractivity contribution in [2.45, 2.75) is 6.42 Å². The normalized spacial score (nSPS) is 9.23. The number of carbonyl (C=O) groups is 2. The van der Waals surface area contributed by atoms with E-state index in [0.717, 1.165) is 0 Å². The fourth-order valence-corrected chi connectivity index (χ4v) is 0.858.